The minimum absolute atomic E-state index is 0.0680. The summed E-state index contributed by atoms with van der Waals surface area (Å²) in [4.78, 5) is 16.2. The third-order valence-corrected chi connectivity index (χ3v) is 5.27. The van der Waals surface area contributed by atoms with Crippen molar-refractivity contribution in [1.29, 1.82) is 0 Å². The third-order valence-electron chi connectivity index (χ3n) is 5.27. The first-order chi connectivity index (χ1) is 15.6. The lowest BCUT2D eigenvalue weighted by Gasteiger charge is -2.12. The number of halogens is 1. The van der Waals surface area contributed by atoms with E-state index < -0.39 is 0 Å². The van der Waals surface area contributed by atoms with Crippen molar-refractivity contribution >= 4 is 16.9 Å². The number of ether oxygens (including phenoxy) is 2. The number of rotatable bonds is 7. The van der Waals surface area contributed by atoms with E-state index in [1.807, 2.05) is 54.6 Å². The van der Waals surface area contributed by atoms with Crippen LogP contribution >= 0.6 is 0 Å². The van der Waals surface area contributed by atoms with Crippen LogP contribution in [0, 0.1) is 5.82 Å². The summed E-state index contributed by atoms with van der Waals surface area (Å²) in [6.07, 6.45) is 0. The van der Waals surface area contributed by atoms with Gasteiger partial charge in [-0.3, -0.25) is 4.79 Å². The van der Waals surface area contributed by atoms with Gasteiger partial charge in [-0.1, -0.05) is 42.5 Å². The highest BCUT2D eigenvalue weighted by molar-refractivity contribution is 5.85. The van der Waals surface area contributed by atoms with E-state index in [1.54, 1.807) is 13.2 Å². The van der Waals surface area contributed by atoms with Gasteiger partial charge in [0.1, 0.15) is 11.6 Å². The molecule has 0 aliphatic rings. The maximum atomic E-state index is 13.9. The number of hydrogen-bond donors (Lipinski definition) is 1. The molecule has 3 aromatic carbocycles. The highest BCUT2D eigenvalue weighted by atomic mass is 19.1. The average molecular weight is 430 g/mol. The van der Waals surface area contributed by atoms with E-state index in [9.17, 15) is 9.18 Å². The van der Waals surface area contributed by atoms with Gasteiger partial charge < -0.3 is 14.8 Å². The Morgan fingerprint density at radius 2 is 1.72 bits per heavy atom. The minimum atomic E-state index is -0.360. The Morgan fingerprint density at radius 1 is 0.969 bits per heavy atom. The predicted octanol–water partition coefficient (Wildman–Crippen LogP) is 4.98. The zero-order chi connectivity index (χ0) is 22.5. The molecule has 4 aromatic rings. The standard InChI is InChI=1S/C26H23FN2O3/c1-31-25-6-4-3-5-21(25)17-7-9-18(10-8-17)24-13-19(15-28-16-26(30)32-2)22-14-20(27)11-12-23(22)29-24/h3-14,28H,15-16H2,1-2H3. The molecule has 1 aromatic heterocycles. The van der Waals surface area contributed by atoms with Gasteiger partial charge in [0, 0.05) is 23.1 Å². The van der Waals surface area contributed by atoms with Gasteiger partial charge in [0.05, 0.1) is 32.0 Å². The van der Waals surface area contributed by atoms with Gasteiger partial charge in [-0.05, 0) is 41.5 Å². The Morgan fingerprint density at radius 3 is 2.47 bits per heavy atom. The summed E-state index contributed by atoms with van der Waals surface area (Å²) in [7, 11) is 3.00. The first-order valence-electron chi connectivity index (χ1n) is 10.2. The molecule has 0 unspecified atom stereocenters. The van der Waals surface area contributed by atoms with Crippen molar-refractivity contribution in [2.24, 2.45) is 0 Å². The number of nitrogens with one attached hydrogen (secondary N) is 1. The predicted molar refractivity (Wildman–Crippen MR) is 123 cm³/mol. The van der Waals surface area contributed by atoms with Crippen LogP contribution in [-0.2, 0) is 16.1 Å². The van der Waals surface area contributed by atoms with Crippen molar-refractivity contribution in [3.63, 3.8) is 0 Å². The largest absolute Gasteiger partial charge is 0.496 e. The van der Waals surface area contributed by atoms with Crippen LogP contribution in [0.15, 0.2) is 72.8 Å². The molecule has 1 N–H and O–H groups in total. The third kappa shape index (κ3) is 4.60. The fourth-order valence-electron chi connectivity index (χ4n) is 3.64. The van der Waals surface area contributed by atoms with Crippen molar-refractivity contribution in [2.75, 3.05) is 20.8 Å². The number of pyridine rings is 1. The number of fused-ring (bicyclic) bond motifs is 1. The second kappa shape index (κ2) is 9.58. The van der Waals surface area contributed by atoms with Crippen molar-refractivity contribution in [2.45, 2.75) is 6.54 Å². The summed E-state index contributed by atoms with van der Waals surface area (Å²) >= 11 is 0. The maximum absolute atomic E-state index is 13.9. The molecule has 0 saturated carbocycles. The number of esters is 1. The van der Waals surface area contributed by atoms with Gasteiger partial charge in [-0.15, -0.1) is 0 Å². The topological polar surface area (TPSA) is 60.5 Å². The van der Waals surface area contributed by atoms with E-state index in [-0.39, 0.29) is 18.3 Å². The Kier molecular flexibility index (Phi) is 6.42. The SMILES string of the molecule is COC(=O)CNCc1cc(-c2ccc(-c3ccccc3OC)cc2)nc2ccc(F)cc12. The molecule has 0 spiro atoms. The van der Waals surface area contributed by atoms with Crippen LogP contribution in [0.4, 0.5) is 4.39 Å². The van der Waals surface area contributed by atoms with Crippen LogP contribution in [0.25, 0.3) is 33.3 Å². The average Bonchev–Trinajstić information content (AvgIpc) is 2.84. The highest BCUT2D eigenvalue weighted by Crippen LogP contribution is 2.32. The normalized spacial score (nSPS) is 10.8. The molecule has 0 atom stereocenters. The van der Waals surface area contributed by atoms with Crippen molar-refractivity contribution in [3.05, 3.63) is 84.2 Å². The van der Waals surface area contributed by atoms with Crippen LogP contribution in [-0.4, -0.2) is 31.7 Å². The Bertz CT molecular complexity index is 1260. The molecule has 32 heavy (non-hydrogen) atoms. The first-order valence-corrected chi connectivity index (χ1v) is 10.2. The summed E-state index contributed by atoms with van der Waals surface area (Å²) in [5.74, 6) is 0.120. The minimum Gasteiger partial charge on any atom is -0.496 e. The molecular weight excluding hydrogens is 407 g/mol. The van der Waals surface area contributed by atoms with E-state index >= 15 is 0 Å². The maximum Gasteiger partial charge on any atom is 0.319 e. The van der Waals surface area contributed by atoms with Gasteiger partial charge in [0.25, 0.3) is 0 Å². The lowest BCUT2D eigenvalue weighted by atomic mass is 10.00. The quantitative estimate of drug-likeness (QED) is 0.419. The summed E-state index contributed by atoms with van der Waals surface area (Å²) in [6.45, 7) is 0.447. The first kappa shape index (κ1) is 21.5. The van der Waals surface area contributed by atoms with Crippen LogP contribution in [0.3, 0.4) is 0 Å². The number of nitrogens with zero attached hydrogens (tertiary/aromatic N) is 1. The molecular formula is C26H23FN2O3. The number of para-hydroxylation sites is 1. The van der Waals surface area contributed by atoms with Crippen LogP contribution in [0.1, 0.15) is 5.56 Å². The molecule has 6 heteroatoms. The smallest absolute Gasteiger partial charge is 0.319 e. The summed E-state index contributed by atoms with van der Waals surface area (Å²) in [5.41, 5.74) is 5.29. The van der Waals surface area contributed by atoms with Gasteiger partial charge in [0.2, 0.25) is 0 Å². The van der Waals surface area contributed by atoms with Crippen LogP contribution < -0.4 is 10.1 Å². The number of aromatic nitrogens is 1. The van der Waals surface area contributed by atoms with Crippen LogP contribution in [0.2, 0.25) is 0 Å². The van der Waals surface area contributed by atoms with Crippen molar-refractivity contribution in [1.82, 2.24) is 10.3 Å². The van der Waals surface area contributed by atoms with Crippen molar-refractivity contribution in [3.8, 4) is 28.1 Å². The highest BCUT2D eigenvalue weighted by Gasteiger charge is 2.11. The number of carbonyl (C=O) groups is 1. The zero-order valence-corrected chi connectivity index (χ0v) is 17.9. The molecule has 0 aliphatic heterocycles. The molecule has 0 saturated heterocycles. The van der Waals surface area contributed by atoms with Crippen LogP contribution in [0.5, 0.6) is 5.75 Å². The number of carbonyl (C=O) groups excluding carboxylic acids is 1. The molecule has 0 fully saturated rings. The van der Waals surface area contributed by atoms with Gasteiger partial charge >= 0.3 is 5.97 Å². The van der Waals surface area contributed by atoms with E-state index in [0.29, 0.717) is 17.4 Å². The second-order valence-electron chi connectivity index (χ2n) is 7.29. The van der Waals surface area contributed by atoms with E-state index in [4.69, 9.17) is 9.72 Å². The Hall–Kier alpha value is -3.77. The molecule has 5 nitrogen and oxygen atoms in total. The van der Waals surface area contributed by atoms with E-state index in [1.165, 1.54) is 19.2 Å². The summed E-state index contributed by atoms with van der Waals surface area (Å²) < 4.78 is 24.0. The number of methoxy groups -OCH3 is 2. The van der Waals surface area contributed by atoms with Gasteiger partial charge in [-0.2, -0.15) is 0 Å². The van der Waals surface area contributed by atoms with Gasteiger partial charge in [-0.25, -0.2) is 9.37 Å². The summed E-state index contributed by atoms with van der Waals surface area (Å²) in [6, 6.07) is 22.4. The zero-order valence-electron chi connectivity index (χ0n) is 17.9. The molecule has 4 rings (SSSR count). The lowest BCUT2D eigenvalue weighted by molar-refractivity contribution is -0.139. The fourth-order valence-corrected chi connectivity index (χ4v) is 3.64. The molecule has 0 aliphatic carbocycles. The fraction of sp³-hybridized carbons (Fsp3) is 0.154. The molecule has 0 bridgehead atoms. The Balaban J connectivity index is 1.69. The number of hydrogen-bond acceptors (Lipinski definition) is 5. The lowest BCUT2D eigenvalue weighted by Crippen LogP contribution is -2.23. The second-order valence-corrected chi connectivity index (χ2v) is 7.29. The van der Waals surface area contributed by atoms with E-state index in [2.05, 4.69) is 10.1 Å². The van der Waals surface area contributed by atoms with E-state index in [0.717, 1.165) is 33.7 Å². The van der Waals surface area contributed by atoms with Crippen molar-refractivity contribution < 1.29 is 18.7 Å². The molecule has 162 valence electrons. The Labute approximate surface area is 185 Å². The molecule has 1 heterocycles. The molecule has 0 amide bonds. The number of benzene rings is 3. The molecule has 0 radical (unpaired) electrons. The summed E-state index contributed by atoms with van der Waals surface area (Å²) in [5, 5.41) is 3.75. The monoisotopic (exact) mass is 430 g/mol. The van der Waals surface area contributed by atoms with Gasteiger partial charge in [0.15, 0.2) is 0 Å².